The summed E-state index contributed by atoms with van der Waals surface area (Å²) >= 11 is 0. The maximum Gasteiger partial charge on any atom is 0.183 e. The summed E-state index contributed by atoms with van der Waals surface area (Å²) in [5.41, 5.74) is 1.05. The summed E-state index contributed by atoms with van der Waals surface area (Å²) in [6.45, 7) is 10.2. The average Bonchev–Trinajstić information content (AvgIpc) is 2.65. The fraction of sp³-hybridized carbons (Fsp3) is 0.733. The molecule has 1 aromatic rings. The molecule has 2 aliphatic heterocycles. The van der Waals surface area contributed by atoms with E-state index in [1.165, 1.54) is 0 Å². The third kappa shape index (κ3) is 2.35. The normalized spacial score (nSPS) is 22.0. The molecule has 0 aromatic carbocycles. The van der Waals surface area contributed by atoms with E-state index < -0.39 is 0 Å². The largest absolute Gasteiger partial charge is 0.488 e. The predicted octanol–water partition coefficient (Wildman–Crippen LogP) is 1.72. The third-order valence-corrected chi connectivity index (χ3v) is 4.11. The Morgan fingerprint density at radius 1 is 1.40 bits per heavy atom. The van der Waals surface area contributed by atoms with Gasteiger partial charge < -0.3 is 15.0 Å². The molecule has 0 aliphatic carbocycles. The molecule has 1 aromatic heterocycles. The van der Waals surface area contributed by atoms with E-state index >= 15 is 0 Å². The second-order valence-corrected chi connectivity index (χ2v) is 5.88. The van der Waals surface area contributed by atoms with Gasteiger partial charge in [-0.05, 0) is 6.42 Å². The lowest BCUT2D eigenvalue weighted by molar-refractivity contribution is 0.300. The Morgan fingerprint density at radius 3 is 3.00 bits per heavy atom. The van der Waals surface area contributed by atoms with Crippen molar-refractivity contribution in [3.63, 3.8) is 0 Å². The van der Waals surface area contributed by atoms with Gasteiger partial charge >= 0.3 is 0 Å². The zero-order chi connectivity index (χ0) is 14.1. The van der Waals surface area contributed by atoms with E-state index in [9.17, 15) is 0 Å². The van der Waals surface area contributed by atoms with Crippen LogP contribution in [0.1, 0.15) is 44.6 Å². The van der Waals surface area contributed by atoms with E-state index in [4.69, 9.17) is 14.7 Å². The van der Waals surface area contributed by atoms with Crippen molar-refractivity contribution in [3.05, 3.63) is 11.5 Å². The van der Waals surface area contributed by atoms with Crippen LogP contribution in [0.25, 0.3) is 0 Å². The highest BCUT2D eigenvalue weighted by Crippen LogP contribution is 2.35. The number of nitrogens with one attached hydrogen (secondary N) is 1. The summed E-state index contributed by atoms with van der Waals surface area (Å²) in [7, 11) is 0. The Morgan fingerprint density at radius 2 is 2.25 bits per heavy atom. The first-order valence-electron chi connectivity index (χ1n) is 7.71. The van der Waals surface area contributed by atoms with Crippen molar-refractivity contribution >= 4 is 5.82 Å². The highest BCUT2D eigenvalue weighted by molar-refractivity contribution is 5.57. The van der Waals surface area contributed by atoms with Gasteiger partial charge in [-0.3, -0.25) is 0 Å². The Labute approximate surface area is 120 Å². The van der Waals surface area contributed by atoms with Crippen LogP contribution in [0.2, 0.25) is 0 Å². The minimum atomic E-state index is 0.343. The van der Waals surface area contributed by atoms with Gasteiger partial charge in [0, 0.05) is 38.0 Å². The van der Waals surface area contributed by atoms with Crippen LogP contribution >= 0.6 is 0 Å². The lowest BCUT2D eigenvalue weighted by Gasteiger charge is -2.36. The van der Waals surface area contributed by atoms with E-state index in [-0.39, 0.29) is 0 Å². The Hall–Kier alpha value is -1.36. The van der Waals surface area contributed by atoms with Gasteiger partial charge in [-0.1, -0.05) is 20.8 Å². The molecule has 2 aliphatic rings. The third-order valence-electron chi connectivity index (χ3n) is 4.11. The van der Waals surface area contributed by atoms with Gasteiger partial charge in [0.2, 0.25) is 0 Å². The highest BCUT2D eigenvalue weighted by atomic mass is 16.5. The quantitative estimate of drug-likeness (QED) is 0.891. The van der Waals surface area contributed by atoms with Gasteiger partial charge in [0.05, 0.1) is 12.3 Å². The molecule has 0 spiro atoms. The first-order valence-corrected chi connectivity index (χ1v) is 7.71. The van der Waals surface area contributed by atoms with Crippen LogP contribution in [0.5, 0.6) is 5.75 Å². The molecule has 1 atom stereocenters. The number of rotatable bonds is 2. The lowest BCUT2D eigenvalue weighted by atomic mass is 10.1. The Kier molecular flexibility index (Phi) is 3.78. The SMILES string of the molecule is CCc1nc(C(C)C)nc2c1OCCC1CNCCN21. The molecule has 0 bridgehead atoms. The van der Waals surface area contributed by atoms with E-state index in [1.807, 2.05) is 0 Å². The van der Waals surface area contributed by atoms with Crippen LogP contribution in [0.3, 0.4) is 0 Å². The molecular weight excluding hydrogens is 252 g/mol. The molecule has 110 valence electrons. The van der Waals surface area contributed by atoms with Crippen LogP contribution in [-0.2, 0) is 6.42 Å². The summed E-state index contributed by atoms with van der Waals surface area (Å²) in [5, 5.41) is 3.47. The number of fused-ring (bicyclic) bond motifs is 3. The molecule has 1 saturated heterocycles. The second-order valence-electron chi connectivity index (χ2n) is 5.88. The summed E-state index contributed by atoms with van der Waals surface area (Å²) in [5.74, 6) is 3.21. The summed E-state index contributed by atoms with van der Waals surface area (Å²) in [6.07, 6.45) is 1.94. The van der Waals surface area contributed by atoms with Crippen LogP contribution in [-0.4, -0.2) is 42.3 Å². The molecule has 0 saturated carbocycles. The van der Waals surface area contributed by atoms with Crippen molar-refractivity contribution in [3.8, 4) is 5.75 Å². The first-order chi connectivity index (χ1) is 9.70. The summed E-state index contributed by atoms with van der Waals surface area (Å²) < 4.78 is 6.00. The highest BCUT2D eigenvalue weighted by Gasteiger charge is 2.31. The summed E-state index contributed by atoms with van der Waals surface area (Å²) in [4.78, 5) is 12.0. The number of aromatic nitrogens is 2. The standard InChI is InChI=1S/C15H24N4O/c1-4-12-13-15(18-14(17-12)10(2)3)19-7-6-16-9-11(19)5-8-20-13/h10-11,16H,4-9H2,1-3H3. The molecule has 0 radical (unpaired) electrons. The molecule has 0 amide bonds. The molecule has 5 heteroatoms. The average molecular weight is 276 g/mol. The second kappa shape index (κ2) is 5.56. The molecule has 1 fully saturated rings. The van der Waals surface area contributed by atoms with Crippen LogP contribution in [0.15, 0.2) is 0 Å². The monoisotopic (exact) mass is 276 g/mol. The maximum absolute atomic E-state index is 6.00. The predicted molar refractivity (Wildman–Crippen MR) is 79.6 cm³/mol. The van der Waals surface area contributed by atoms with Gasteiger partial charge in [0.25, 0.3) is 0 Å². The summed E-state index contributed by atoms with van der Waals surface area (Å²) in [6, 6.07) is 0.490. The molecule has 20 heavy (non-hydrogen) atoms. The fourth-order valence-electron chi connectivity index (χ4n) is 2.94. The minimum Gasteiger partial charge on any atom is -0.488 e. The van der Waals surface area contributed by atoms with Gasteiger partial charge in [0.15, 0.2) is 11.6 Å². The Balaban J connectivity index is 2.09. The van der Waals surface area contributed by atoms with E-state index in [0.717, 1.165) is 62.2 Å². The topological polar surface area (TPSA) is 50.3 Å². The van der Waals surface area contributed by atoms with Crippen LogP contribution in [0, 0.1) is 0 Å². The number of nitrogens with zero attached hydrogens (tertiary/aromatic N) is 3. The smallest absolute Gasteiger partial charge is 0.183 e. The van der Waals surface area contributed by atoms with Crippen molar-refractivity contribution in [1.29, 1.82) is 0 Å². The van der Waals surface area contributed by atoms with E-state index in [0.29, 0.717) is 12.0 Å². The zero-order valence-corrected chi connectivity index (χ0v) is 12.6. The molecule has 1 unspecified atom stereocenters. The number of hydrogen-bond donors (Lipinski definition) is 1. The van der Waals surface area contributed by atoms with Crippen LogP contribution < -0.4 is 15.0 Å². The van der Waals surface area contributed by atoms with E-state index in [2.05, 4.69) is 31.0 Å². The molecule has 1 N–H and O–H groups in total. The molecule has 3 heterocycles. The van der Waals surface area contributed by atoms with E-state index in [1.54, 1.807) is 0 Å². The first kappa shape index (κ1) is 13.6. The van der Waals surface area contributed by atoms with Crippen molar-refractivity contribution < 1.29 is 4.74 Å². The van der Waals surface area contributed by atoms with Crippen molar-refractivity contribution in [2.45, 2.75) is 45.6 Å². The molecule has 3 rings (SSSR count). The van der Waals surface area contributed by atoms with Gasteiger partial charge in [-0.2, -0.15) is 0 Å². The minimum absolute atomic E-state index is 0.343. The number of hydrogen-bond acceptors (Lipinski definition) is 5. The van der Waals surface area contributed by atoms with Gasteiger partial charge in [0.1, 0.15) is 5.82 Å². The maximum atomic E-state index is 6.00. The van der Waals surface area contributed by atoms with Crippen molar-refractivity contribution in [1.82, 2.24) is 15.3 Å². The Bertz CT molecular complexity index is 489. The number of piperazine rings is 1. The van der Waals surface area contributed by atoms with Crippen LogP contribution in [0.4, 0.5) is 5.82 Å². The number of anilines is 1. The number of ether oxygens (including phenoxy) is 1. The number of aryl methyl sites for hydroxylation is 1. The lowest BCUT2D eigenvalue weighted by Crippen LogP contribution is -2.51. The van der Waals surface area contributed by atoms with Gasteiger partial charge in [-0.15, -0.1) is 0 Å². The van der Waals surface area contributed by atoms with Crippen molar-refractivity contribution in [2.75, 3.05) is 31.1 Å². The van der Waals surface area contributed by atoms with Crippen molar-refractivity contribution in [2.24, 2.45) is 0 Å². The molecule has 5 nitrogen and oxygen atoms in total. The zero-order valence-electron chi connectivity index (χ0n) is 12.6. The van der Waals surface area contributed by atoms with Gasteiger partial charge in [-0.25, -0.2) is 9.97 Å². The fourth-order valence-corrected chi connectivity index (χ4v) is 2.94. The molecular formula is C15H24N4O.